The molecule has 1 aromatic carbocycles. The number of pyridine rings is 1. The van der Waals surface area contributed by atoms with Gasteiger partial charge in [-0.15, -0.1) is 0 Å². The molecule has 7 heteroatoms. The van der Waals surface area contributed by atoms with Crippen LogP contribution in [-0.2, 0) is 14.8 Å². The highest BCUT2D eigenvalue weighted by atomic mass is 32.2. The van der Waals surface area contributed by atoms with Crippen LogP contribution in [0.25, 0.3) is 11.3 Å². The van der Waals surface area contributed by atoms with E-state index in [0.29, 0.717) is 18.7 Å². The summed E-state index contributed by atoms with van der Waals surface area (Å²) in [5, 5.41) is -0.485. The molecule has 2 aromatic rings. The van der Waals surface area contributed by atoms with E-state index in [1.807, 2.05) is 24.3 Å². The van der Waals surface area contributed by atoms with Gasteiger partial charge in [0.1, 0.15) is 5.82 Å². The number of nitrogens with one attached hydrogen (secondary N) is 1. The van der Waals surface area contributed by atoms with Crippen LogP contribution in [0.2, 0.25) is 0 Å². The minimum absolute atomic E-state index is 0.276. The van der Waals surface area contributed by atoms with Crippen LogP contribution < -0.4 is 4.72 Å². The SMILES string of the molecule is CC(C)S(=O)(=O)N[C@H]1CCO[C@H]1c1ccc(-c2ccc(F)cn2)cc1. The van der Waals surface area contributed by atoms with Crippen molar-refractivity contribution < 1.29 is 17.5 Å². The van der Waals surface area contributed by atoms with Crippen LogP contribution in [-0.4, -0.2) is 31.3 Å². The van der Waals surface area contributed by atoms with Crippen molar-refractivity contribution in [1.29, 1.82) is 0 Å². The molecule has 1 N–H and O–H groups in total. The van der Waals surface area contributed by atoms with Crippen molar-refractivity contribution >= 4 is 10.0 Å². The van der Waals surface area contributed by atoms with E-state index in [0.717, 1.165) is 11.1 Å². The van der Waals surface area contributed by atoms with Crippen LogP contribution in [0.5, 0.6) is 0 Å². The van der Waals surface area contributed by atoms with E-state index in [-0.39, 0.29) is 18.0 Å². The fraction of sp³-hybridized carbons (Fsp3) is 0.389. The molecule has 0 unspecified atom stereocenters. The summed E-state index contributed by atoms with van der Waals surface area (Å²) in [7, 11) is -3.35. The number of ether oxygens (including phenoxy) is 1. The number of benzene rings is 1. The normalized spacial score (nSPS) is 21.0. The lowest BCUT2D eigenvalue weighted by Gasteiger charge is -2.21. The van der Waals surface area contributed by atoms with Crippen LogP contribution >= 0.6 is 0 Å². The van der Waals surface area contributed by atoms with E-state index in [2.05, 4.69) is 9.71 Å². The molecule has 5 nitrogen and oxygen atoms in total. The first kappa shape index (κ1) is 18.0. The number of rotatable bonds is 5. The van der Waals surface area contributed by atoms with E-state index in [1.54, 1.807) is 19.9 Å². The van der Waals surface area contributed by atoms with Gasteiger partial charge in [-0.25, -0.2) is 17.5 Å². The summed E-state index contributed by atoms with van der Waals surface area (Å²) in [6.07, 6.45) is 1.50. The lowest BCUT2D eigenvalue weighted by molar-refractivity contribution is 0.102. The third-order valence-corrected chi connectivity index (χ3v) is 6.16. The first-order valence-electron chi connectivity index (χ1n) is 8.21. The molecule has 0 amide bonds. The fourth-order valence-corrected chi connectivity index (χ4v) is 3.71. The molecule has 3 rings (SSSR count). The highest BCUT2D eigenvalue weighted by Crippen LogP contribution is 2.31. The van der Waals surface area contributed by atoms with Crippen LogP contribution in [0, 0.1) is 5.82 Å². The van der Waals surface area contributed by atoms with Crippen molar-refractivity contribution in [3.8, 4) is 11.3 Å². The van der Waals surface area contributed by atoms with Gasteiger partial charge in [0, 0.05) is 12.2 Å². The largest absolute Gasteiger partial charge is 0.372 e. The van der Waals surface area contributed by atoms with Crippen molar-refractivity contribution in [3.05, 3.63) is 54.0 Å². The molecule has 0 aliphatic carbocycles. The maximum absolute atomic E-state index is 13.0. The van der Waals surface area contributed by atoms with Crippen molar-refractivity contribution in [1.82, 2.24) is 9.71 Å². The third kappa shape index (κ3) is 4.05. The summed E-state index contributed by atoms with van der Waals surface area (Å²) in [5.74, 6) is -0.375. The number of hydrogen-bond donors (Lipinski definition) is 1. The Morgan fingerprint density at radius 3 is 2.52 bits per heavy atom. The smallest absolute Gasteiger partial charge is 0.214 e. The Balaban J connectivity index is 1.78. The molecule has 25 heavy (non-hydrogen) atoms. The number of hydrogen-bond acceptors (Lipinski definition) is 4. The summed E-state index contributed by atoms with van der Waals surface area (Å²) in [6, 6.07) is 10.3. The van der Waals surface area contributed by atoms with Gasteiger partial charge in [-0.1, -0.05) is 24.3 Å². The number of sulfonamides is 1. The van der Waals surface area contributed by atoms with Gasteiger partial charge in [0.05, 0.1) is 29.3 Å². The maximum atomic E-state index is 13.0. The van der Waals surface area contributed by atoms with Crippen LogP contribution in [0.1, 0.15) is 31.9 Å². The minimum Gasteiger partial charge on any atom is -0.372 e. The topological polar surface area (TPSA) is 68.3 Å². The van der Waals surface area contributed by atoms with Gasteiger partial charge in [0.25, 0.3) is 0 Å². The zero-order chi connectivity index (χ0) is 18.0. The van der Waals surface area contributed by atoms with Crippen molar-refractivity contribution in [2.24, 2.45) is 0 Å². The quantitative estimate of drug-likeness (QED) is 0.885. The van der Waals surface area contributed by atoms with Crippen LogP contribution in [0.15, 0.2) is 42.6 Å². The zero-order valence-corrected chi connectivity index (χ0v) is 15.0. The Morgan fingerprint density at radius 1 is 1.20 bits per heavy atom. The second kappa shape index (κ2) is 7.19. The van der Waals surface area contributed by atoms with Gasteiger partial charge < -0.3 is 4.74 Å². The molecule has 1 aliphatic heterocycles. The lowest BCUT2D eigenvalue weighted by Crippen LogP contribution is -2.40. The molecule has 1 saturated heterocycles. The minimum atomic E-state index is -3.35. The Hall–Kier alpha value is -1.83. The summed E-state index contributed by atoms with van der Waals surface area (Å²) >= 11 is 0. The van der Waals surface area contributed by atoms with Gasteiger partial charge in [-0.2, -0.15) is 0 Å². The van der Waals surface area contributed by atoms with E-state index < -0.39 is 15.3 Å². The van der Waals surface area contributed by atoms with E-state index in [4.69, 9.17) is 4.74 Å². The van der Waals surface area contributed by atoms with Crippen LogP contribution in [0.4, 0.5) is 4.39 Å². The van der Waals surface area contributed by atoms with Gasteiger partial charge in [0.15, 0.2) is 0 Å². The fourth-order valence-electron chi connectivity index (χ4n) is 2.78. The summed E-state index contributed by atoms with van der Waals surface area (Å²) in [4.78, 5) is 4.06. The highest BCUT2D eigenvalue weighted by Gasteiger charge is 2.33. The first-order valence-corrected chi connectivity index (χ1v) is 9.76. The molecular formula is C18H21FN2O3S. The predicted molar refractivity (Wildman–Crippen MR) is 93.9 cm³/mol. The predicted octanol–water partition coefficient (Wildman–Crippen LogP) is 3.05. The molecule has 134 valence electrons. The third-order valence-electron chi connectivity index (χ3n) is 4.29. The van der Waals surface area contributed by atoms with Gasteiger partial charge in [0.2, 0.25) is 10.0 Å². The van der Waals surface area contributed by atoms with Crippen molar-refractivity contribution in [2.75, 3.05) is 6.61 Å². The molecule has 2 heterocycles. The van der Waals surface area contributed by atoms with Crippen molar-refractivity contribution in [2.45, 2.75) is 37.7 Å². The van der Waals surface area contributed by atoms with Gasteiger partial charge in [-0.3, -0.25) is 4.98 Å². The molecule has 1 aromatic heterocycles. The molecule has 0 saturated carbocycles. The number of aromatic nitrogens is 1. The standard InChI is InChI=1S/C18H21FN2O3S/c1-12(2)25(22,23)21-17-9-10-24-18(17)14-5-3-13(4-6-14)16-8-7-15(19)11-20-16/h3-8,11-12,17-18,21H,9-10H2,1-2H3/t17-,18-/m0/s1. The van der Waals surface area contributed by atoms with Crippen LogP contribution in [0.3, 0.4) is 0 Å². The molecule has 1 aliphatic rings. The Bertz CT molecular complexity index is 820. The van der Waals surface area contributed by atoms with E-state index in [1.165, 1.54) is 12.3 Å². The number of halogens is 1. The summed E-state index contributed by atoms with van der Waals surface area (Å²) in [6.45, 7) is 3.81. The first-order chi connectivity index (χ1) is 11.9. The molecule has 2 atom stereocenters. The Morgan fingerprint density at radius 2 is 1.92 bits per heavy atom. The summed E-state index contributed by atoms with van der Waals surface area (Å²) < 4.78 is 45.7. The highest BCUT2D eigenvalue weighted by molar-refractivity contribution is 7.90. The molecule has 0 spiro atoms. The van der Waals surface area contributed by atoms with E-state index >= 15 is 0 Å². The zero-order valence-electron chi connectivity index (χ0n) is 14.1. The average molecular weight is 364 g/mol. The van der Waals surface area contributed by atoms with E-state index in [9.17, 15) is 12.8 Å². The molecular weight excluding hydrogens is 343 g/mol. The molecule has 0 radical (unpaired) electrons. The average Bonchev–Trinajstić information content (AvgIpc) is 3.03. The lowest BCUT2D eigenvalue weighted by atomic mass is 10.0. The Labute approximate surface area is 147 Å². The second-order valence-corrected chi connectivity index (χ2v) is 8.65. The Kier molecular flexibility index (Phi) is 5.17. The second-order valence-electron chi connectivity index (χ2n) is 6.38. The molecule has 1 fully saturated rings. The summed E-state index contributed by atoms with van der Waals surface area (Å²) in [5.41, 5.74) is 2.44. The number of nitrogens with zero attached hydrogens (tertiary/aromatic N) is 1. The van der Waals surface area contributed by atoms with Gasteiger partial charge >= 0.3 is 0 Å². The van der Waals surface area contributed by atoms with Gasteiger partial charge in [-0.05, 0) is 38.0 Å². The maximum Gasteiger partial charge on any atom is 0.214 e. The monoisotopic (exact) mass is 364 g/mol. The molecule has 0 bridgehead atoms. The van der Waals surface area contributed by atoms with Crippen molar-refractivity contribution in [3.63, 3.8) is 0 Å².